The van der Waals surface area contributed by atoms with Crippen LogP contribution in [0.3, 0.4) is 0 Å². The number of hydrogen-bond donors (Lipinski definition) is 3. The number of hydrazine groups is 1. The van der Waals surface area contributed by atoms with Crippen molar-refractivity contribution in [1.29, 1.82) is 0 Å². The zero-order valence-electron chi connectivity index (χ0n) is 18.0. The van der Waals surface area contributed by atoms with Crippen molar-refractivity contribution in [2.24, 2.45) is 0 Å². The number of anilines is 2. The van der Waals surface area contributed by atoms with Gasteiger partial charge in [0.25, 0.3) is 0 Å². The molecule has 0 saturated heterocycles. The number of rotatable bonds is 7. The van der Waals surface area contributed by atoms with Crippen LogP contribution in [0.25, 0.3) is 0 Å². The first-order valence-electron chi connectivity index (χ1n) is 9.57. The van der Waals surface area contributed by atoms with Crippen LogP contribution >= 0.6 is 11.6 Å². The normalized spacial score (nSPS) is 12.1. The number of nitrogens with zero attached hydrogens (tertiary/aromatic N) is 2. The van der Waals surface area contributed by atoms with Crippen molar-refractivity contribution in [3.8, 4) is 0 Å². The van der Waals surface area contributed by atoms with Crippen molar-refractivity contribution >= 4 is 35.1 Å². The van der Waals surface area contributed by atoms with E-state index in [0.29, 0.717) is 18.3 Å². The van der Waals surface area contributed by atoms with E-state index >= 15 is 0 Å². The van der Waals surface area contributed by atoms with Crippen molar-refractivity contribution in [3.63, 3.8) is 0 Å². The molecule has 0 aliphatic heterocycles. The summed E-state index contributed by atoms with van der Waals surface area (Å²) in [5.41, 5.74) is 0.189. The average molecular weight is 526 g/mol. The first-order chi connectivity index (χ1) is 16.2. The third-order valence-electron chi connectivity index (χ3n) is 4.00. The summed E-state index contributed by atoms with van der Waals surface area (Å²) in [5, 5.41) is 4.96. The highest BCUT2D eigenvalue weighted by Gasteiger charge is 2.32. The molecule has 2 aromatic rings. The van der Waals surface area contributed by atoms with E-state index in [9.17, 15) is 35.9 Å². The monoisotopic (exact) mass is 525 g/mol. The lowest BCUT2D eigenvalue weighted by atomic mass is 10.2. The summed E-state index contributed by atoms with van der Waals surface area (Å²) in [6.07, 6.45) is -7.99. The Morgan fingerprint density at radius 3 is 2.34 bits per heavy atom. The van der Waals surface area contributed by atoms with Crippen LogP contribution in [0.2, 0.25) is 5.02 Å². The van der Waals surface area contributed by atoms with E-state index in [1.165, 1.54) is 20.0 Å². The molecule has 0 atom stereocenters. The lowest BCUT2D eigenvalue weighted by Crippen LogP contribution is -2.43. The molecular formula is C20H18ClF6N5O3. The molecule has 1 heterocycles. The topological polar surface area (TPSA) is 95.6 Å². The summed E-state index contributed by atoms with van der Waals surface area (Å²) in [4.78, 5) is 27.8. The van der Waals surface area contributed by atoms with Crippen molar-refractivity contribution in [2.75, 3.05) is 24.0 Å². The Labute approximate surface area is 199 Å². The number of esters is 1. The maximum absolute atomic E-state index is 12.9. The quantitative estimate of drug-likeness (QED) is 0.205. The standard InChI is InChI=1S/C20H18ClF6N5O3/c1-3-35-16(33)9-15(30-18(34)29-13-6-4-5-11(7-13)19(22,23)24)31-32(2)17-14(21)8-12(10-28-17)20(25,26)27/h4-10,31H,3H2,1-2H3,(H2,29,30,34)/b15-9+. The summed E-state index contributed by atoms with van der Waals surface area (Å²) in [7, 11) is 1.27. The van der Waals surface area contributed by atoms with Gasteiger partial charge in [-0.3, -0.25) is 15.8 Å². The fourth-order valence-electron chi connectivity index (χ4n) is 2.52. The van der Waals surface area contributed by atoms with Gasteiger partial charge in [0.05, 0.1) is 28.8 Å². The highest BCUT2D eigenvalue weighted by atomic mass is 35.5. The summed E-state index contributed by atoms with van der Waals surface area (Å²) < 4.78 is 81.9. The average Bonchev–Trinajstić information content (AvgIpc) is 2.72. The summed E-state index contributed by atoms with van der Waals surface area (Å²) >= 11 is 5.89. The predicted molar refractivity (Wildman–Crippen MR) is 114 cm³/mol. The van der Waals surface area contributed by atoms with Gasteiger partial charge in [-0.1, -0.05) is 17.7 Å². The Morgan fingerprint density at radius 1 is 1.11 bits per heavy atom. The van der Waals surface area contributed by atoms with Crippen molar-refractivity contribution < 1.29 is 40.7 Å². The van der Waals surface area contributed by atoms with Crippen LogP contribution in [0.4, 0.5) is 42.6 Å². The number of halogens is 7. The van der Waals surface area contributed by atoms with Crippen molar-refractivity contribution in [1.82, 2.24) is 15.7 Å². The molecule has 0 bridgehead atoms. The SMILES string of the molecule is CCOC(=O)/C=C(\NC(=O)Nc1cccc(C(F)(F)F)c1)NN(C)c1ncc(C(F)(F)F)cc1Cl. The third kappa shape index (κ3) is 8.24. The highest BCUT2D eigenvalue weighted by Crippen LogP contribution is 2.33. The highest BCUT2D eigenvalue weighted by molar-refractivity contribution is 6.33. The van der Waals surface area contributed by atoms with E-state index < -0.39 is 40.5 Å². The van der Waals surface area contributed by atoms with Crippen molar-refractivity contribution in [3.05, 3.63) is 64.6 Å². The minimum absolute atomic E-state index is 0.0127. The molecule has 0 spiro atoms. The zero-order chi connectivity index (χ0) is 26.4. The summed E-state index contributed by atoms with van der Waals surface area (Å²) in [6.45, 7) is 1.51. The third-order valence-corrected chi connectivity index (χ3v) is 4.28. The molecule has 1 aromatic heterocycles. The molecule has 15 heteroatoms. The van der Waals surface area contributed by atoms with E-state index in [4.69, 9.17) is 16.3 Å². The summed E-state index contributed by atoms with van der Waals surface area (Å²) in [6, 6.07) is 3.37. The number of benzene rings is 1. The Hall–Kier alpha value is -3.68. The van der Waals surface area contributed by atoms with E-state index in [-0.39, 0.29) is 23.9 Å². The van der Waals surface area contributed by atoms with Crippen LogP contribution in [0.15, 0.2) is 48.4 Å². The van der Waals surface area contributed by atoms with Gasteiger partial charge >= 0.3 is 24.4 Å². The predicted octanol–water partition coefficient (Wildman–Crippen LogP) is 4.94. The number of carbonyl (C=O) groups excluding carboxylic acids is 2. The fourth-order valence-corrected chi connectivity index (χ4v) is 2.82. The second kappa shape index (κ2) is 11.2. The second-order valence-corrected chi connectivity index (χ2v) is 7.07. The number of pyridine rings is 1. The van der Waals surface area contributed by atoms with Gasteiger partial charge in [0.1, 0.15) is 5.82 Å². The molecule has 2 rings (SSSR count). The number of carbonyl (C=O) groups is 2. The Bertz CT molecular complexity index is 1110. The van der Waals surface area contributed by atoms with E-state index in [0.717, 1.165) is 23.2 Å². The minimum atomic E-state index is -4.68. The van der Waals surface area contributed by atoms with E-state index in [2.05, 4.69) is 21.0 Å². The number of urea groups is 1. The molecule has 8 nitrogen and oxygen atoms in total. The molecule has 0 saturated carbocycles. The van der Waals surface area contributed by atoms with Gasteiger partial charge in [0.15, 0.2) is 5.82 Å². The molecule has 0 fully saturated rings. The smallest absolute Gasteiger partial charge is 0.417 e. The van der Waals surface area contributed by atoms with Gasteiger partial charge in [0.2, 0.25) is 0 Å². The van der Waals surface area contributed by atoms with Crippen LogP contribution < -0.4 is 21.1 Å². The number of ether oxygens (including phenoxy) is 1. The molecule has 0 radical (unpaired) electrons. The first-order valence-corrected chi connectivity index (χ1v) is 9.95. The number of alkyl halides is 6. The molecule has 2 amide bonds. The van der Waals surface area contributed by atoms with Crippen LogP contribution in [0, 0.1) is 0 Å². The lowest BCUT2D eigenvalue weighted by molar-refractivity contribution is -0.138. The minimum Gasteiger partial charge on any atom is -0.463 e. The molecular weight excluding hydrogens is 508 g/mol. The van der Waals surface area contributed by atoms with Gasteiger partial charge < -0.3 is 10.1 Å². The number of nitrogens with one attached hydrogen (secondary N) is 3. The fraction of sp³-hybridized carbons (Fsp3) is 0.250. The Balaban J connectivity index is 2.22. The molecule has 1 aromatic carbocycles. The molecule has 3 N–H and O–H groups in total. The van der Waals surface area contributed by atoms with E-state index in [1.54, 1.807) is 0 Å². The first kappa shape index (κ1) is 27.6. The largest absolute Gasteiger partial charge is 0.463 e. The number of aromatic nitrogens is 1. The summed E-state index contributed by atoms with van der Waals surface area (Å²) in [5.74, 6) is -1.46. The second-order valence-electron chi connectivity index (χ2n) is 6.67. The van der Waals surface area contributed by atoms with Crippen molar-refractivity contribution in [2.45, 2.75) is 19.3 Å². The molecule has 0 aliphatic rings. The van der Waals surface area contributed by atoms with Crippen LogP contribution in [-0.2, 0) is 21.9 Å². The van der Waals surface area contributed by atoms with Gasteiger partial charge in [-0.25, -0.2) is 14.6 Å². The maximum atomic E-state index is 12.9. The number of amides is 2. The van der Waals surface area contributed by atoms with Crippen LogP contribution in [-0.4, -0.2) is 30.6 Å². The zero-order valence-corrected chi connectivity index (χ0v) is 18.8. The van der Waals surface area contributed by atoms with Gasteiger partial charge in [0, 0.05) is 18.9 Å². The number of hydrogen-bond acceptors (Lipinski definition) is 6. The lowest BCUT2D eigenvalue weighted by Gasteiger charge is -2.24. The van der Waals surface area contributed by atoms with E-state index in [1.807, 2.05) is 0 Å². The Morgan fingerprint density at radius 2 is 1.77 bits per heavy atom. The Kier molecular flexibility index (Phi) is 8.79. The maximum Gasteiger partial charge on any atom is 0.417 e. The van der Waals surface area contributed by atoms with Gasteiger partial charge in [-0.05, 0) is 31.2 Å². The molecule has 0 unspecified atom stereocenters. The molecule has 0 aliphatic carbocycles. The molecule has 35 heavy (non-hydrogen) atoms. The van der Waals surface area contributed by atoms with Crippen LogP contribution in [0.1, 0.15) is 18.1 Å². The van der Waals surface area contributed by atoms with Gasteiger partial charge in [-0.2, -0.15) is 26.3 Å². The molecule has 190 valence electrons. The van der Waals surface area contributed by atoms with Crippen LogP contribution in [0.5, 0.6) is 0 Å². The van der Waals surface area contributed by atoms with Gasteiger partial charge in [-0.15, -0.1) is 0 Å².